The number of amides is 1. The number of nitrogens with zero attached hydrogens (tertiary/aromatic N) is 2. The van der Waals surface area contributed by atoms with E-state index in [4.69, 9.17) is 5.11 Å². The molecule has 0 aliphatic heterocycles. The third-order valence-electron chi connectivity index (χ3n) is 2.98. The SMILES string of the molecule is Cc1cc(C(=O)N(C)Cc2scnc2C)sc1C#CCO. The molecule has 0 bridgehead atoms. The van der Waals surface area contributed by atoms with Crippen LogP contribution >= 0.6 is 22.7 Å². The molecule has 0 unspecified atom stereocenters. The van der Waals surface area contributed by atoms with Crippen molar-refractivity contribution in [1.29, 1.82) is 0 Å². The summed E-state index contributed by atoms with van der Waals surface area (Å²) in [6, 6.07) is 1.85. The molecule has 21 heavy (non-hydrogen) atoms. The Bertz CT molecular complexity index is 707. The number of rotatable bonds is 3. The summed E-state index contributed by atoms with van der Waals surface area (Å²) in [6.45, 7) is 4.25. The summed E-state index contributed by atoms with van der Waals surface area (Å²) in [6.07, 6.45) is 0. The number of aliphatic hydroxyl groups is 1. The third kappa shape index (κ3) is 3.70. The van der Waals surface area contributed by atoms with Crippen molar-refractivity contribution < 1.29 is 9.90 Å². The van der Waals surface area contributed by atoms with Crippen LogP contribution in [0.3, 0.4) is 0 Å². The number of aliphatic hydroxyl groups excluding tert-OH is 1. The highest BCUT2D eigenvalue weighted by Crippen LogP contribution is 2.23. The molecule has 2 rings (SSSR count). The van der Waals surface area contributed by atoms with Gasteiger partial charge in [0.15, 0.2) is 0 Å². The fourth-order valence-corrected chi connectivity index (χ4v) is 3.66. The summed E-state index contributed by atoms with van der Waals surface area (Å²) >= 11 is 2.92. The fraction of sp³-hybridized carbons (Fsp3) is 0.333. The van der Waals surface area contributed by atoms with Crippen LogP contribution in [0.15, 0.2) is 11.6 Å². The molecule has 2 aromatic rings. The van der Waals surface area contributed by atoms with Crippen molar-refractivity contribution in [3.63, 3.8) is 0 Å². The molecule has 0 aliphatic rings. The fourth-order valence-electron chi connectivity index (χ4n) is 1.78. The van der Waals surface area contributed by atoms with E-state index in [-0.39, 0.29) is 12.5 Å². The summed E-state index contributed by atoms with van der Waals surface area (Å²) < 4.78 is 0. The van der Waals surface area contributed by atoms with Crippen LogP contribution in [0, 0.1) is 25.7 Å². The number of thiophene rings is 1. The maximum atomic E-state index is 12.4. The molecule has 4 nitrogen and oxygen atoms in total. The summed E-state index contributed by atoms with van der Waals surface area (Å²) in [5, 5.41) is 8.74. The molecular weight excluding hydrogens is 304 g/mol. The number of carbonyl (C=O) groups is 1. The van der Waals surface area contributed by atoms with E-state index < -0.39 is 0 Å². The molecule has 110 valence electrons. The van der Waals surface area contributed by atoms with Crippen molar-refractivity contribution in [2.24, 2.45) is 0 Å². The minimum absolute atomic E-state index is 0.0204. The predicted octanol–water partition coefficient (Wildman–Crippen LogP) is 2.44. The Balaban J connectivity index is 2.14. The Labute approximate surface area is 132 Å². The van der Waals surface area contributed by atoms with Crippen molar-refractivity contribution in [1.82, 2.24) is 9.88 Å². The second kappa shape index (κ2) is 6.85. The van der Waals surface area contributed by atoms with Gasteiger partial charge in [-0.1, -0.05) is 11.8 Å². The average molecular weight is 320 g/mol. The first kappa shape index (κ1) is 15.7. The molecule has 1 amide bonds. The van der Waals surface area contributed by atoms with Gasteiger partial charge in [-0.05, 0) is 25.5 Å². The lowest BCUT2D eigenvalue weighted by atomic mass is 10.2. The quantitative estimate of drug-likeness (QED) is 0.884. The Morgan fingerprint density at radius 1 is 1.48 bits per heavy atom. The molecule has 0 fully saturated rings. The second-order valence-corrected chi connectivity index (χ2v) is 6.60. The van der Waals surface area contributed by atoms with E-state index in [0.29, 0.717) is 11.4 Å². The van der Waals surface area contributed by atoms with Gasteiger partial charge in [-0.3, -0.25) is 4.79 Å². The van der Waals surface area contributed by atoms with E-state index in [0.717, 1.165) is 21.0 Å². The van der Waals surface area contributed by atoms with E-state index in [1.165, 1.54) is 11.3 Å². The maximum absolute atomic E-state index is 12.4. The summed E-state index contributed by atoms with van der Waals surface area (Å²) in [7, 11) is 1.79. The van der Waals surface area contributed by atoms with Gasteiger partial charge in [0.1, 0.15) is 6.61 Å². The lowest BCUT2D eigenvalue weighted by molar-refractivity contribution is 0.0791. The highest BCUT2D eigenvalue weighted by Gasteiger charge is 2.17. The Kier molecular flexibility index (Phi) is 5.12. The zero-order valence-corrected chi connectivity index (χ0v) is 13.8. The lowest BCUT2D eigenvalue weighted by Crippen LogP contribution is -2.25. The first-order valence-electron chi connectivity index (χ1n) is 6.37. The first-order chi connectivity index (χ1) is 10.0. The van der Waals surface area contributed by atoms with E-state index >= 15 is 0 Å². The Morgan fingerprint density at radius 3 is 2.86 bits per heavy atom. The van der Waals surface area contributed by atoms with Gasteiger partial charge in [0, 0.05) is 11.9 Å². The molecule has 0 saturated carbocycles. The number of carbonyl (C=O) groups excluding carboxylic acids is 1. The molecular formula is C15H16N2O2S2. The molecule has 0 spiro atoms. The normalized spacial score (nSPS) is 10.1. The number of hydrogen-bond acceptors (Lipinski definition) is 5. The summed E-state index contributed by atoms with van der Waals surface area (Å²) in [5.41, 5.74) is 3.73. The summed E-state index contributed by atoms with van der Waals surface area (Å²) in [4.78, 5) is 20.9. The zero-order valence-electron chi connectivity index (χ0n) is 12.1. The largest absolute Gasteiger partial charge is 0.384 e. The van der Waals surface area contributed by atoms with Crippen LogP contribution in [-0.2, 0) is 6.54 Å². The molecule has 6 heteroatoms. The van der Waals surface area contributed by atoms with Gasteiger partial charge < -0.3 is 10.0 Å². The Hall–Kier alpha value is -1.68. The second-order valence-electron chi connectivity index (χ2n) is 4.60. The highest BCUT2D eigenvalue weighted by atomic mass is 32.1. The van der Waals surface area contributed by atoms with E-state index in [2.05, 4.69) is 16.8 Å². The first-order valence-corrected chi connectivity index (χ1v) is 8.07. The van der Waals surface area contributed by atoms with Crippen LogP contribution in [0.25, 0.3) is 0 Å². The Morgan fingerprint density at radius 2 is 2.24 bits per heavy atom. The van der Waals surface area contributed by atoms with Crippen LogP contribution in [0.1, 0.15) is 30.7 Å². The standard InChI is InChI=1S/C15H16N2O2S2/c1-10-7-13(21-12(10)5-4-6-18)15(19)17(3)8-14-11(2)16-9-20-14/h7,9,18H,6,8H2,1-3H3. The van der Waals surface area contributed by atoms with Crippen LogP contribution in [0.2, 0.25) is 0 Å². The number of aromatic nitrogens is 1. The van der Waals surface area contributed by atoms with Crippen LogP contribution in [-0.4, -0.2) is 34.6 Å². The van der Waals surface area contributed by atoms with Crippen LogP contribution < -0.4 is 0 Å². The van der Waals surface area contributed by atoms with Gasteiger partial charge in [-0.25, -0.2) is 4.98 Å². The van der Waals surface area contributed by atoms with Crippen molar-refractivity contribution in [3.05, 3.63) is 37.5 Å². The average Bonchev–Trinajstić information content (AvgIpc) is 3.02. The molecule has 1 N–H and O–H groups in total. The van der Waals surface area contributed by atoms with Crippen molar-refractivity contribution in [3.8, 4) is 11.8 Å². The monoisotopic (exact) mass is 320 g/mol. The van der Waals surface area contributed by atoms with E-state index in [1.807, 2.05) is 19.9 Å². The van der Waals surface area contributed by atoms with Crippen LogP contribution in [0.5, 0.6) is 0 Å². The van der Waals surface area contributed by atoms with Crippen molar-refractivity contribution in [2.75, 3.05) is 13.7 Å². The minimum atomic E-state index is -0.175. The molecule has 2 heterocycles. The highest BCUT2D eigenvalue weighted by molar-refractivity contribution is 7.14. The molecule has 2 aromatic heterocycles. The summed E-state index contributed by atoms with van der Waals surface area (Å²) in [5.74, 6) is 5.47. The maximum Gasteiger partial charge on any atom is 0.264 e. The van der Waals surface area contributed by atoms with Crippen molar-refractivity contribution in [2.45, 2.75) is 20.4 Å². The molecule has 0 radical (unpaired) electrons. The van der Waals surface area contributed by atoms with Gasteiger partial charge >= 0.3 is 0 Å². The zero-order chi connectivity index (χ0) is 15.4. The topological polar surface area (TPSA) is 53.4 Å². The number of hydrogen-bond donors (Lipinski definition) is 1. The minimum Gasteiger partial charge on any atom is -0.384 e. The molecule has 0 atom stereocenters. The smallest absolute Gasteiger partial charge is 0.264 e. The van der Waals surface area contributed by atoms with E-state index in [1.54, 1.807) is 28.8 Å². The number of aryl methyl sites for hydroxylation is 2. The predicted molar refractivity (Wildman–Crippen MR) is 85.7 cm³/mol. The van der Waals surface area contributed by atoms with Gasteiger partial charge in [0.2, 0.25) is 0 Å². The molecule has 0 saturated heterocycles. The van der Waals surface area contributed by atoms with E-state index in [9.17, 15) is 4.79 Å². The van der Waals surface area contributed by atoms with Gasteiger partial charge in [0.05, 0.1) is 27.5 Å². The third-order valence-corrected chi connectivity index (χ3v) is 5.04. The van der Waals surface area contributed by atoms with Gasteiger partial charge in [-0.15, -0.1) is 22.7 Å². The van der Waals surface area contributed by atoms with Gasteiger partial charge in [-0.2, -0.15) is 0 Å². The van der Waals surface area contributed by atoms with Crippen LogP contribution in [0.4, 0.5) is 0 Å². The van der Waals surface area contributed by atoms with Gasteiger partial charge in [0.25, 0.3) is 5.91 Å². The molecule has 0 aromatic carbocycles. The molecule has 0 aliphatic carbocycles. The number of thiazole rings is 1. The lowest BCUT2D eigenvalue weighted by Gasteiger charge is -2.15. The van der Waals surface area contributed by atoms with Crippen molar-refractivity contribution >= 4 is 28.6 Å².